The number of aldehydes is 1. The van der Waals surface area contributed by atoms with Crippen LogP contribution in [0.5, 0.6) is 0 Å². The van der Waals surface area contributed by atoms with Gasteiger partial charge in [0.05, 0.1) is 10.6 Å². The van der Waals surface area contributed by atoms with Crippen LogP contribution in [0.15, 0.2) is 17.0 Å². The average molecular weight is 205 g/mol. The molecule has 0 aliphatic rings. The Hall–Kier alpha value is -0.540. The van der Waals surface area contributed by atoms with Gasteiger partial charge in [-0.1, -0.05) is 11.6 Å². The van der Waals surface area contributed by atoms with Gasteiger partial charge in [0.1, 0.15) is 5.82 Å². The molecular formula is C8H6ClFOS. The molecule has 0 heterocycles. The molecule has 0 spiro atoms. The van der Waals surface area contributed by atoms with Gasteiger partial charge >= 0.3 is 0 Å². The minimum absolute atomic E-state index is 0.0746. The summed E-state index contributed by atoms with van der Waals surface area (Å²) in [5.74, 6) is -0.568. The van der Waals surface area contributed by atoms with E-state index in [9.17, 15) is 9.18 Å². The maximum Gasteiger partial charge on any atom is 0.154 e. The Morgan fingerprint density at radius 3 is 2.67 bits per heavy atom. The van der Waals surface area contributed by atoms with Crippen LogP contribution in [0.4, 0.5) is 4.39 Å². The van der Waals surface area contributed by atoms with Crippen molar-refractivity contribution in [2.45, 2.75) is 4.90 Å². The number of carbonyl (C=O) groups excluding carboxylic acids is 1. The molecule has 0 N–H and O–H groups in total. The minimum Gasteiger partial charge on any atom is -0.298 e. The Labute approximate surface area is 78.9 Å². The van der Waals surface area contributed by atoms with E-state index in [1.807, 2.05) is 6.26 Å². The molecule has 4 heteroatoms. The molecule has 0 atom stereocenters. The summed E-state index contributed by atoms with van der Waals surface area (Å²) in [6.45, 7) is 0. The van der Waals surface area contributed by atoms with Crippen LogP contribution >= 0.6 is 23.4 Å². The van der Waals surface area contributed by atoms with Gasteiger partial charge in [0.25, 0.3) is 0 Å². The molecule has 0 saturated carbocycles. The summed E-state index contributed by atoms with van der Waals surface area (Å²) in [4.78, 5) is 11.0. The lowest BCUT2D eigenvalue weighted by molar-refractivity contribution is 0.112. The van der Waals surface area contributed by atoms with Gasteiger partial charge < -0.3 is 0 Å². The molecule has 12 heavy (non-hydrogen) atoms. The normalized spacial score (nSPS) is 9.92. The number of rotatable bonds is 2. The van der Waals surface area contributed by atoms with E-state index >= 15 is 0 Å². The Kier molecular flexibility index (Phi) is 3.12. The molecule has 0 radical (unpaired) electrons. The summed E-state index contributed by atoms with van der Waals surface area (Å²) in [6.07, 6.45) is 2.23. The molecule has 0 aromatic heterocycles. The first-order valence-corrected chi connectivity index (χ1v) is 4.77. The maximum atomic E-state index is 13.0. The lowest BCUT2D eigenvalue weighted by Gasteiger charge is -2.01. The number of benzene rings is 1. The highest BCUT2D eigenvalue weighted by molar-refractivity contribution is 7.98. The fourth-order valence-electron chi connectivity index (χ4n) is 0.791. The van der Waals surface area contributed by atoms with Gasteiger partial charge in [-0.2, -0.15) is 0 Å². The Balaban J connectivity index is 3.27. The van der Waals surface area contributed by atoms with Crippen molar-refractivity contribution in [3.05, 3.63) is 28.5 Å². The molecule has 1 nitrogen and oxygen atoms in total. The topological polar surface area (TPSA) is 17.1 Å². The van der Waals surface area contributed by atoms with Gasteiger partial charge in [-0.25, -0.2) is 4.39 Å². The fourth-order valence-corrected chi connectivity index (χ4v) is 1.57. The van der Waals surface area contributed by atoms with Gasteiger partial charge in [0.15, 0.2) is 6.29 Å². The third-order valence-corrected chi connectivity index (χ3v) is 2.43. The monoisotopic (exact) mass is 204 g/mol. The quantitative estimate of drug-likeness (QED) is 0.544. The second kappa shape index (κ2) is 3.92. The van der Waals surface area contributed by atoms with E-state index in [1.165, 1.54) is 17.8 Å². The van der Waals surface area contributed by atoms with Crippen molar-refractivity contribution >= 4 is 29.6 Å². The van der Waals surface area contributed by atoms with Gasteiger partial charge in [0, 0.05) is 4.90 Å². The Bertz CT molecular complexity index is 291. The predicted octanol–water partition coefficient (Wildman–Crippen LogP) is 3.01. The van der Waals surface area contributed by atoms with Crippen molar-refractivity contribution in [1.29, 1.82) is 0 Å². The zero-order valence-electron chi connectivity index (χ0n) is 6.30. The van der Waals surface area contributed by atoms with Crippen LogP contribution in [0.3, 0.4) is 0 Å². The smallest absolute Gasteiger partial charge is 0.154 e. The summed E-state index contributed by atoms with van der Waals surface area (Å²) in [5, 5.41) is 0.161. The van der Waals surface area contributed by atoms with Crippen molar-refractivity contribution in [2.75, 3.05) is 6.26 Å². The lowest BCUT2D eigenvalue weighted by Crippen LogP contribution is -1.89. The first kappa shape index (κ1) is 9.55. The fraction of sp³-hybridized carbons (Fsp3) is 0.125. The van der Waals surface area contributed by atoms with Crippen molar-refractivity contribution < 1.29 is 9.18 Å². The molecule has 1 rings (SSSR count). The Morgan fingerprint density at radius 1 is 1.58 bits per heavy atom. The minimum atomic E-state index is -0.568. The molecule has 64 valence electrons. The second-order valence-electron chi connectivity index (χ2n) is 2.12. The van der Waals surface area contributed by atoms with Crippen LogP contribution in [-0.4, -0.2) is 12.5 Å². The van der Waals surface area contributed by atoms with E-state index in [2.05, 4.69) is 0 Å². The van der Waals surface area contributed by atoms with Crippen LogP contribution in [0.25, 0.3) is 0 Å². The van der Waals surface area contributed by atoms with E-state index in [0.29, 0.717) is 11.2 Å². The highest BCUT2D eigenvalue weighted by atomic mass is 35.5. The highest BCUT2D eigenvalue weighted by Gasteiger charge is 2.07. The molecular weight excluding hydrogens is 199 g/mol. The molecule has 0 aliphatic carbocycles. The molecule has 1 aromatic carbocycles. The third kappa shape index (κ3) is 1.79. The third-order valence-electron chi connectivity index (χ3n) is 1.41. The van der Waals surface area contributed by atoms with Gasteiger partial charge in [-0.3, -0.25) is 4.79 Å². The standard InChI is InChI=1S/C8H6ClFOS/c1-12-5-2-7(9)6(4-11)8(10)3-5/h2-4H,1H3. The van der Waals surface area contributed by atoms with Gasteiger partial charge in [-0.05, 0) is 18.4 Å². The lowest BCUT2D eigenvalue weighted by atomic mass is 10.2. The summed E-state index contributed by atoms with van der Waals surface area (Å²) in [6, 6.07) is 2.86. The molecule has 0 saturated heterocycles. The number of thioether (sulfide) groups is 1. The van der Waals surface area contributed by atoms with E-state index in [4.69, 9.17) is 11.6 Å². The maximum absolute atomic E-state index is 13.0. The van der Waals surface area contributed by atoms with Crippen molar-refractivity contribution in [3.8, 4) is 0 Å². The Morgan fingerprint density at radius 2 is 2.25 bits per heavy atom. The average Bonchev–Trinajstić information content (AvgIpc) is 2.03. The van der Waals surface area contributed by atoms with Crippen LogP contribution in [0.1, 0.15) is 10.4 Å². The van der Waals surface area contributed by atoms with E-state index in [1.54, 1.807) is 6.07 Å². The zero-order chi connectivity index (χ0) is 9.14. The van der Waals surface area contributed by atoms with E-state index < -0.39 is 5.82 Å². The summed E-state index contributed by atoms with van der Waals surface area (Å²) in [5.41, 5.74) is -0.0746. The summed E-state index contributed by atoms with van der Waals surface area (Å²) >= 11 is 7.00. The molecule has 0 amide bonds. The van der Waals surface area contributed by atoms with Crippen molar-refractivity contribution in [1.82, 2.24) is 0 Å². The van der Waals surface area contributed by atoms with Gasteiger partial charge in [-0.15, -0.1) is 11.8 Å². The zero-order valence-corrected chi connectivity index (χ0v) is 7.88. The van der Waals surface area contributed by atoms with Crippen LogP contribution in [0, 0.1) is 5.82 Å². The molecule has 0 bridgehead atoms. The number of carbonyl (C=O) groups is 1. The van der Waals surface area contributed by atoms with Crippen LogP contribution in [0.2, 0.25) is 5.02 Å². The molecule has 0 unspecified atom stereocenters. The molecule has 1 aromatic rings. The number of hydrogen-bond acceptors (Lipinski definition) is 2. The number of hydrogen-bond donors (Lipinski definition) is 0. The number of halogens is 2. The second-order valence-corrected chi connectivity index (χ2v) is 3.41. The first-order chi connectivity index (χ1) is 5.69. The molecule has 0 fully saturated rings. The predicted molar refractivity (Wildman–Crippen MR) is 48.6 cm³/mol. The van der Waals surface area contributed by atoms with E-state index in [-0.39, 0.29) is 10.6 Å². The largest absolute Gasteiger partial charge is 0.298 e. The first-order valence-electron chi connectivity index (χ1n) is 3.17. The van der Waals surface area contributed by atoms with Gasteiger partial charge in [0.2, 0.25) is 0 Å². The van der Waals surface area contributed by atoms with Crippen LogP contribution in [-0.2, 0) is 0 Å². The summed E-state index contributed by atoms with van der Waals surface area (Å²) in [7, 11) is 0. The van der Waals surface area contributed by atoms with Crippen molar-refractivity contribution in [2.24, 2.45) is 0 Å². The summed E-state index contributed by atoms with van der Waals surface area (Å²) < 4.78 is 13.0. The SMILES string of the molecule is CSc1cc(F)c(C=O)c(Cl)c1. The van der Waals surface area contributed by atoms with E-state index in [0.717, 1.165) is 0 Å². The van der Waals surface area contributed by atoms with Crippen LogP contribution < -0.4 is 0 Å². The molecule has 0 aliphatic heterocycles. The van der Waals surface area contributed by atoms with Crippen molar-refractivity contribution in [3.63, 3.8) is 0 Å². The highest BCUT2D eigenvalue weighted by Crippen LogP contribution is 2.24.